The highest BCUT2D eigenvalue weighted by Gasteiger charge is 2.61. The van der Waals surface area contributed by atoms with Crippen molar-refractivity contribution in [1.82, 2.24) is 15.0 Å². The number of hydrogen-bond donors (Lipinski definition) is 2. The number of fused-ring (bicyclic) bond motifs is 5. The number of hydrogen-bond acceptors (Lipinski definition) is 6. The Balaban J connectivity index is 1.16. The molecule has 34 heavy (non-hydrogen) atoms. The fraction of sp³-hybridized carbons (Fsp3) is 0.231. The lowest BCUT2D eigenvalue weighted by Crippen LogP contribution is -2.20. The van der Waals surface area contributed by atoms with Crippen LogP contribution in [0.15, 0.2) is 48.7 Å². The molecule has 1 fully saturated rings. The number of amides is 1. The molecule has 0 saturated heterocycles. The molecule has 7 rings (SSSR count). The van der Waals surface area contributed by atoms with Gasteiger partial charge in [0.25, 0.3) is 0 Å². The van der Waals surface area contributed by atoms with E-state index in [2.05, 4.69) is 15.3 Å². The Morgan fingerprint density at radius 2 is 2.03 bits per heavy atom. The van der Waals surface area contributed by atoms with Crippen LogP contribution >= 0.6 is 0 Å². The Morgan fingerprint density at radius 3 is 2.91 bits per heavy atom. The summed E-state index contributed by atoms with van der Waals surface area (Å²) in [6, 6.07) is 13.2. The second kappa shape index (κ2) is 6.90. The van der Waals surface area contributed by atoms with Gasteiger partial charge in [-0.15, -0.1) is 0 Å². The van der Waals surface area contributed by atoms with Crippen LogP contribution in [0.25, 0.3) is 11.0 Å². The molecule has 2 aromatic carbocycles. The lowest BCUT2D eigenvalue weighted by atomic mass is 10.1. The van der Waals surface area contributed by atoms with E-state index in [1.165, 1.54) is 0 Å². The van der Waals surface area contributed by atoms with Crippen molar-refractivity contribution in [1.29, 1.82) is 0 Å². The molecule has 1 saturated carbocycles. The number of rotatable bonds is 4. The average Bonchev–Trinajstić information content (AvgIpc) is 3.18. The zero-order valence-corrected chi connectivity index (χ0v) is 18.3. The summed E-state index contributed by atoms with van der Waals surface area (Å²) in [6.07, 6.45) is 2.70. The fourth-order valence-electron chi connectivity index (χ4n) is 5.12. The van der Waals surface area contributed by atoms with Gasteiger partial charge in [0, 0.05) is 35.2 Å². The zero-order chi connectivity index (χ0) is 23.0. The van der Waals surface area contributed by atoms with Gasteiger partial charge in [-0.05, 0) is 55.8 Å². The summed E-state index contributed by atoms with van der Waals surface area (Å²) in [4.78, 5) is 35.8. The van der Waals surface area contributed by atoms with Gasteiger partial charge < -0.3 is 19.8 Å². The molecule has 0 radical (unpaired) electrons. The van der Waals surface area contributed by atoms with Crippen molar-refractivity contribution in [3.05, 3.63) is 71.2 Å². The normalized spacial score (nSPS) is 21.8. The molecule has 1 amide bonds. The van der Waals surface area contributed by atoms with E-state index in [0.29, 0.717) is 30.0 Å². The second-order valence-electron chi connectivity index (χ2n) is 9.03. The number of Topliss-reactive ketones (excluding diaryl/α,β-unsaturated/α-hetero) is 1. The van der Waals surface area contributed by atoms with Gasteiger partial charge in [-0.1, -0.05) is 0 Å². The van der Waals surface area contributed by atoms with Crippen LogP contribution in [-0.4, -0.2) is 32.7 Å². The van der Waals surface area contributed by atoms with Crippen LogP contribution in [0.2, 0.25) is 0 Å². The summed E-state index contributed by atoms with van der Waals surface area (Å²) in [5, 5.41) is 2.81. The van der Waals surface area contributed by atoms with E-state index in [1.807, 2.05) is 42.5 Å². The first-order valence-electron chi connectivity index (χ1n) is 11.3. The molecule has 168 valence electrons. The minimum Gasteiger partial charge on any atom is -0.489 e. The van der Waals surface area contributed by atoms with Crippen molar-refractivity contribution >= 4 is 28.5 Å². The van der Waals surface area contributed by atoms with Crippen molar-refractivity contribution in [2.45, 2.75) is 37.7 Å². The van der Waals surface area contributed by atoms with Gasteiger partial charge in [0.05, 0.1) is 17.0 Å². The molecule has 8 heteroatoms. The zero-order valence-electron chi connectivity index (χ0n) is 18.3. The molecular formula is C26H20N4O4. The Hall–Kier alpha value is -4.20. The first-order valence-corrected chi connectivity index (χ1v) is 11.3. The largest absolute Gasteiger partial charge is 0.489 e. The molecule has 3 unspecified atom stereocenters. The molecule has 8 nitrogen and oxygen atoms in total. The van der Waals surface area contributed by atoms with E-state index < -0.39 is 0 Å². The number of pyridine rings is 1. The van der Waals surface area contributed by atoms with Gasteiger partial charge in [-0.2, -0.15) is 0 Å². The van der Waals surface area contributed by atoms with Crippen LogP contribution < -0.4 is 14.8 Å². The minimum atomic E-state index is -0.0271. The highest BCUT2D eigenvalue weighted by atomic mass is 16.5. The van der Waals surface area contributed by atoms with Crippen LogP contribution in [0.3, 0.4) is 0 Å². The Labute approximate surface area is 194 Å². The number of imidazole rings is 1. The molecule has 3 atom stereocenters. The summed E-state index contributed by atoms with van der Waals surface area (Å²) in [7, 11) is 0. The Morgan fingerprint density at radius 1 is 1.12 bits per heavy atom. The van der Waals surface area contributed by atoms with Crippen molar-refractivity contribution in [3.8, 4) is 17.2 Å². The molecule has 0 bridgehead atoms. The van der Waals surface area contributed by atoms with E-state index in [4.69, 9.17) is 14.5 Å². The number of aromatic nitrogens is 3. The second-order valence-corrected chi connectivity index (χ2v) is 9.03. The molecule has 2 aromatic heterocycles. The van der Waals surface area contributed by atoms with Crippen molar-refractivity contribution in [2.24, 2.45) is 0 Å². The van der Waals surface area contributed by atoms with Gasteiger partial charge in [0.15, 0.2) is 5.78 Å². The van der Waals surface area contributed by atoms with Crippen LogP contribution in [-0.2, 0) is 11.2 Å². The maximum absolute atomic E-state index is 11.7. The van der Waals surface area contributed by atoms with Gasteiger partial charge in [0.1, 0.15) is 35.0 Å². The molecule has 4 heterocycles. The van der Waals surface area contributed by atoms with E-state index in [1.54, 1.807) is 13.1 Å². The average molecular weight is 452 g/mol. The van der Waals surface area contributed by atoms with E-state index in [9.17, 15) is 9.59 Å². The number of carbonyl (C=O) groups excluding carboxylic acids is 2. The molecule has 1 aliphatic carbocycles. The van der Waals surface area contributed by atoms with Crippen molar-refractivity contribution < 1.29 is 19.1 Å². The molecule has 2 N–H and O–H groups in total. The summed E-state index contributed by atoms with van der Waals surface area (Å²) in [5.41, 5.74) is 4.39. The third kappa shape index (κ3) is 2.91. The number of H-pyrrole nitrogens is 1. The first-order chi connectivity index (χ1) is 16.5. The fourth-order valence-corrected chi connectivity index (χ4v) is 5.12. The maximum Gasteiger partial charge on any atom is 0.225 e. The number of benzene rings is 2. The van der Waals surface area contributed by atoms with E-state index in [-0.39, 0.29) is 29.6 Å². The highest BCUT2D eigenvalue weighted by molar-refractivity contribution is 5.97. The van der Waals surface area contributed by atoms with Crippen LogP contribution in [0.1, 0.15) is 52.5 Å². The number of carbonyl (C=O) groups is 2. The first kappa shape index (κ1) is 19.3. The van der Waals surface area contributed by atoms with Gasteiger partial charge in [0.2, 0.25) is 5.91 Å². The molecular weight excluding hydrogens is 432 g/mol. The minimum absolute atomic E-state index is 0.0271. The van der Waals surface area contributed by atoms with Crippen LogP contribution in [0.5, 0.6) is 17.2 Å². The molecule has 0 spiro atoms. The smallest absolute Gasteiger partial charge is 0.225 e. The molecule has 2 aliphatic heterocycles. The van der Waals surface area contributed by atoms with Crippen LogP contribution in [0.4, 0.5) is 5.82 Å². The maximum atomic E-state index is 11.7. The number of ether oxygens (including phenoxy) is 2. The summed E-state index contributed by atoms with van der Waals surface area (Å²) >= 11 is 0. The standard InChI is InChI=1S/C26H20N4O4/c1-12(31)13-2-5-17-18(10-13)29-26(28-17)23-22-16-11-14(3-6-19(16)34-24(22)23)33-20-8-9-27-25-15(20)4-7-21(32)30-25/h2-3,5-6,8-11,22-24H,4,7H2,1H3,(H,28,29)(H,27,30,32). The third-order valence-corrected chi connectivity index (χ3v) is 6.88. The monoisotopic (exact) mass is 452 g/mol. The quantitative estimate of drug-likeness (QED) is 0.442. The number of aromatic amines is 1. The van der Waals surface area contributed by atoms with Gasteiger partial charge in [-0.25, -0.2) is 9.97 Å². The Kier molecular flexibility index (Phi) is 3.91. The Bertz CT molecular complexity index is 1520. The van der Waals surface area contributed by atoms with Crippen LogP contribution in [0, 0.1) is 0 Å². The molecule has 3 aliphatic rings. The summed E-state index contributed by atoms with van der Waals surface area (Å²) in [6.45, 7) is 1.56. The van der Waals surface area contributed by atoms with E-state index >= 15 is 0 Å². The lowest BCUT2D eigenvalue weighted by molar-refractivity contribution is -0.116. The number of anilines is 1. The van der Waals surface area contributed by atoms with Crippen molar-refractivity contribution in [3.63, 3.8) is 0 Å². The summed E-state index contributed by atoms with van der Waals surface area (Å²) < 4.78 is 12.4. The van der Waals surface area contributed by atoms with Gasteiger partial charge >= 0.3 is 0 Å². The van der Waals surface area contributed by atoms with E-state index in [0.717, 1.165) is 39.5 Å². The predicted octanol–water partition coefficient (Wildman–Crippen LogP) is 4.48. The lowest BCUT2D eigenvalue weighted by Gasteiger charge is -2.19. The number of nitrogens with one attached hydrogen (secondary N) is 2. The molecule has 4 aromatic rings. The van der Waals surface area contributed by atoms with Crippen molar-refractivity contribution in [2.75, 3.05) is 5.32 Å². The predicted molar refractivity (Wildman–Crippen MR) is 124 cm³/mol. The SMILES string of the molecule is CC(=O)c1ccc2nc(C3C4Oc5ccc(Oc6ccnc7c6CCC(=O)N7)cc5C43)[nH]c2c1. The number of ketones is 1. The topological polar surface area (TPSA) is 106 Å². The number of nitrogens with zero attached hydrogens (tertiary/aromatic N) is 2. The summed E-state index contributed by atoms with van der Waals surface area (Å²) in [5.74, 6) is 4.08. The third-order valence-electron chi connectivity index (χ3n) is 6.88. The highest BCUT2D eigenvalue weighted by Crippen LogP contribution is 2.63. The van der Waals surface area contributed by atoms with Gasteiger partial charge in [-0.3, -0.25) is 9.59 Å².